The molecule has 1 amide bonds. The van der Waals surface area contributed by atoms with Crippen LogP contribution in [0.25, 0.3) is 6.08 Å². The number of ether oxygens (including phenoxy) is 3. The van der Waals surface area contributed by atoms with Gasteiger partial charge in [0.15, 0.2) is 11.5 Å². The number of nitrogens with one attached hydrogen (secondary N) is 1. The molecule has 0 saturated carbocycles. The van der Waals surface area contributed by atoms with Crippen LogP contribution in [0.3, 0.4) is 0 Å². The van der Waals surface area contributed by atoms with Gasteiger partial charge in [0.1, 0.15) is 6.61 Å². The smallest absolute Gasteiger partial charge is 0.338 e. The molecule has 6 nitrogen and oxygen atoms in total. The van der Waals surface area contributed by atoms with E-state index in [-0.39, 0.29) is 5.91 Å². The SMILES string of the molecule is CCCOC(=O)c1cccc(NC(=O)C=Cc2ccc(OCc3ccccc3)c(OC)c2)c1. The number of hydrogen-bond donors (Lipinski definition) is 1. The molecule has 33 heavy (non-hydrogen) atoms. The molecule has 0 spiro atoms. The van der Waals surface area contributed by atoms with Crippen molar-refractivity contribution in [2.24, 2.45) is 0 Å². The molecule has 3 rings (SSSR count). The maximum Gasteiger partial charge on any atom is 0.338 e. The Kier molecular flexibility index (Phi) is 8.65. The van der Waals surface area contributed by atoms with Gasteiger partial charge in [-0.3, -0.25) is 4.79 Å². The normalized spacial score (nSPS) is 10.6. The molecule has 0 aliphatic rings. The van der Waals surface area contributed by atoms with E-state index in [0.717, 1.165) is 17.5 Å². The molecular weight excluding hydrogens is 418 g/mol. The summed E-state index contributed by atoms with van der Waals surface area (Å²) < 4.78 is 16.4. The lowest BCUT2D eigenvalue weighted by Gasteiger charge is -2.11. The van der Waals surface area contributed by atoms with E-state index in [2.05, 4.69) is 5.32 Å². The highest BCUT2D eigenvalue weighted by molar-refractivity contribution is 6.02. The van der Waals surface area contributed by atoms with E-state index < -0.39 is 5.97 Å². The molecule has 0 bridgehead atoms. The van der Waals surface area contributed by atoms with Crippen molar-refractivity contribution >= 4 is 23.6 Å². The van der Waals surface area contributed by atoms with Crippen LogP contribution in [0.15, 0.2) is 78.9 Å². The third-order valence-corrected chi connectivity index (χ3v) is 4.66. The van der Waals surface area contributed by atoms with Crippen molar-refractivity contribution in [1.29, 1.82) is 0 Å². The molecule has 3 aromatic carbocycles. The molecule has 0 heterocycles. The van der Waals surface area contributed by atoms with Crippen molar-refractivity contribution in [2.75, 3.05) is 19.0 Å². The number of rotatable bonds is 10. The Morgan fingerprint density at radius 1 is 0.939 bits per heavy atom. The van der Waals surface area contributed by atoms with Gasteiger partial charge < -0.3 is 19.5 Å². The molecule has 0 fully saturated rings. The van der Waals surface area contributed by atoms with Gasteiger partial charge >= 0.3 is 5.97 Å². The number of anilines is 1. The first-order valence-corrected chi connectivity index (χ1v) is 10.7. The van der Waals surface area contributed by atoms with E-state index in [4.69, 9.17) is 14.2 Å². The van der Waals surface area contributed by atoms with Gasteiger partial charge in [-0.2, -0.15) is 0 Å². The lowest BCUT2D eigenvalue weighted by Crippen LogP contribution is -2.10. The van der Waals surface area contributed by atoms with Gasteiger partial charge in [-0.25, -0.2) is 4.79 Å². The van der Waals surface area contributed by atoms with E-state index in [0.29, 0.717) is 36.0 Å². The van der Waals surface area contributed by atoms with Crippen LogP contribution in [0, 0.1) is 0 Å². The number of carbonyl (C=O) groups excluding carboxylic acids is 2. The highest BCUT2D eigenvalue weighted by Gasteiger charge is 2.09. The molecule has 1 N–H and O–H groups in total. The third kappa shape index (κ3) is 7.25. The molecule has 0 aliphatic heterocycles. The average molecular weight is 446 g/mol. The molecule has 6 heteroatoms. The predicted molar refractivity (Wildman–Crippen MR) is 128 cm³/mol. The number of hydrogen-bond acceptors (Lipinski definition) is 5. The second kappa shape index (κ2) is 12.1. The lowest BCUT2D eigenvalue weighted by molar-refractivity contribution is -0.111. The minimum absolute atomic E-state index is 0.322. The van der Waals surface area contributed by atoms with Gasteiger partial charge in [0.05, 0.1) is 19.3 Å². The number of benzene rings is 3. The van der Waals surface area contributed by atoms with E-state index in [1.54, 1.807) is 43.5 Å². The Hall–Kier alpha value is -4.06. The molecule has 0 aliphatic carbocycles. The van der Waals surface area contributed by atoms with Crippen LogP contribution >= 0.6 is 0 Å². The quantitative estimate of drug-likeness (QED) is 0.330. The molecule has 0 atom stereocenters. The maximum absolute atomic E-state index is 12.3. The van der Waals surface area contributed by atoms with Crippen LogP contribution < -0.4 is 14.8 Å². The van der Waals surface area contributed by atoms with E-state index in [1.807, 2.05) is 49.4 Å². The van der Waals surface area contributed by atoms with Crippen LogP contribution in [-0.2, 0) is 16.1 Å². The zero-order valence-corrected chi connectivity index (χ0v) is 18.7. The number of esters is 1. The average Bonchev–Trinajstić information content (AvgIpc) is 2.85. The topological polar surface area (TPSA) is 73.9 Å². The number of amides is 1. The molecule has 0 saturated heterocycles. The van der Waals surface area contributed by atoms with Gasteiger partial charge in [-0.05, 0) is 54.0 Å². The Bertz CT molecular complexity index is 1110. The summed E-state index contributed by atoms with van der Waals surface area (Å²) in [7, 11) is 1.57. The number of carbonyl (C=O) groups is 2. The summed E-state index contributed by atoms with van der Waals surface area (Å²) in [5.74, 6) is 0.462. The van der Waals surface area contributed by atoms with Crippen molar-refractivity contribution < 1.29 is 23.8 Å². The highest BCUT2D eigenvalue weighted by Crippen LogP contribution is 2.29. The van der Waals surface area contributed by atoms with E-state index in [9.17, 15) is 9.59 Å². The highest BCUT2D eigenvalue weighted by atomic mass is 16.5. The Morgan fingerprint density at radius 2 is 1.76 bits per heavy atom. The fraction of sp³-hybridized carbons (Fsp3) is 0.185. The predicted octanol–water partition coefficient (Wildman–Crippen LogP) is 5.49. The summed E-state index contributed by atoms with van der Waals surface area (Å²) in [6.07, 6.45) is 3.84. The van der Waals surface area contributed by atoms with E-state index >= 15 is 0 Å². The summed E-state index contributed by atoms with van der Waals surface area (Å²) in [6.45, 7) is 2.72. The first-order chi connectivity index (χ1) is 16.1. The van der Waals surface area contributed by atoms with Crippen LogP contribution in [0.2, 0.25) is 0 Å². The van der Waals surface area contributed by atoms with E-state index in [1.165, 1.54) is 6.08 Å². The maximum atomic E-state index is 12.3. The summed E-state index contributed by atoms with van der Waals surface area (Å²) >= 11 is 0. The zero-order chi connectivity index (χ0) is 23.5. The van der Waals surface area contributed by atoms with Gasteiger partial charge in [0.25, 0.3) is 0 Å². The van der Waals surface area contributed by atoms with Crippen LogP contribution in [0.1, 0.15) is 34.8 Å². The largest absolute Gasteiger partial charge is 0.493 e. The van der Waals surface area contributed by atoms with Crippen LogP contribution in [-0.4, -0.2) is 25.6 Å². The monoisotopic (exact) mass is 445 g/mol. The number of methoxy groups -OCH3 is 1. The molecular formula is C27H27NO5. The van der Waals surface area contributed by atoms with Crippen molar-refractivity contribution in [3.05, 3.63) is 95.6 Å². The van der Waals surface area contributed by atoms with Crippen molar-refractivity contribution in [2.45, 2.75) is 20.0 Å². The Morgan fingerprint density at radius 3 is 2.52 bits per heavy atom. The fourth-order valence-corrected chi connectivity index (χ4v) is 3.00. The Labute approximate surface area is 193 Å². The second-order valence-corrected chi connectivity index (χ2v) is 7.22. The van der Waals surface area contributed by atoms with Gasteiger partial charge in [0, 0.05) is 11.8 Å². The first kappa shape index (κ1) is 23.6. The van der Waals surface area contributed by atoms with Crippen LogP contribution in [0.4, 0.5) is 5.69 Å². The summed E-state index contributed by atoms with van der Waals surface area (Å²) in [5, 5.41) is 2.75. The summed E-state index contributed by atoms with van der Waals surface area (Å²) in [4.78, 5) is 24.3. The van der Waals surface area contributed by atoms with Gasteiger partial charge in [-0.1, -0.05) is 49.4 Å². The second-order valence-electron chi connectivity index (χ2n) is 7.22. The minimum atomic E-state index is -0.412. The molecule has 0 radical (unpaired) electrons. The fourth-order valence-electron chi connectivity index (χ4n) is 3.00. The summed E-state index contributed by atoms with van der Waals surface area (Å²) in [5.41, 5.74) is 2.74. The first-order valence-electron chi connectivity index (χ1n) is 10.7. The van der Waals surface area contributed by atoms with Gasteiger partial charge in [0.2, 0.25) is 5.91 Å². The molecule has 3 aromatic rings. The minimum Gasteiger partial charge on any atom is -0.493 e. The van der Waals surface area contributed by atoms with Crippen molar-refractivity contribution in [3.8, 4) is 11.5 Å². The Balaban J connectivity index is 1.61. The molecule has 0 aromatic heterocycles. The zero-order valence-electron chi connectivity index (χ0n) is 18.7. The van der Waals surface area contributed by atoms with Crippen molar-refractivity contribution in [1.82, 2.24) is 0 Å². The van der Waals surface area contributed by atoms with Crippen molar-refractivity contribution in [3.63, 3.8) is 0 Å². The summed E-state index contributed by atoms with van der Waals surface area (Å²) in [6, 6.07) is 22.0. The molecule has 170 valence electrons. The standard InChI is InChI=1S/C27H27NO5/c1-3-16-32-27(30)22-10-7-11-23(18-22)28-26(29)15-13-20-12-14-24(25(17-20)31-2)33-19-21-8-5-4-6-9-21/h4-15,17-18H,3,16,19H2,1-2H3,(H,28,29). The third-order valence-electron chi connectivity index (χ3n) is 4.66. The molecule has 0 unspecified atom stereocenters. The van der Waals surface area contributed by atoms with Gasteiger partial charge in [-0.15, -0.1) is 0 Å². The lowest BCUT2D eigenvalue weighted by atomic mass is 10.1. The van der Waals surface area contributed by atoms with Crippen LogP contribution in [0.5, 0.6) is 11.5 Å².